The number of aryl methyl sites for hydroxylation is 1. The van der Waals surface area contributed by atoms with Crippen LogP contribution in [-0.4, -0.2) is 74.2 Å². The monoisotopic (exact) mass is 657 g/mol. The first kappa shape index (κ1) is 33.8. The van der Waals surface area contributed by atoms with Gasteiger partial charge in [0.2, 0.25) is 0 Å². The first-order chi connectivity index (χ1) is 23.9. The highest BCUT2D eigenvalue weighted by atomic mass is 16.5. The van der Waals surface area contributed by atoms with Crippen LogP contribution >= 0.6 is 0 Å². The summed E-state index contributed by atoms with van der Waals surface area (Å²) >= 11 is 0. The Kier molecular flexibility index (Phi) is 11.0. The van der Waals surface area contributed by atoms with Crippen LogP contribution in [0.5, 0.6) is 0 Å². The molecule has 5 aromatic rings. The summed E-state index contributed by atoms with van der Waals surface area (Å²) in [4.78, 5) is 30.5. The fourth-order valence-corrected chi connectivity index (χ4v) is 6.87. The molecule has 0 radical (unpaired) electrons. The molecule has 8 nitrogen and oxygen atoms in total. The van der Waals surface area contributed by atoms with E-state index in [0.717, 1.165) is 52.9 Å². The maximum absolute atomic E-state index is 14.2. The van der Waals surface area contributed by atoms with Crippen LogP contribution in [0, 0.1) is 0 Å². The van der Waals surface area contributed by atoms with Gasteiger partial charge in [-0.3, -0.25) is 4.79 Å². The number of carbonyl (C=O) groups is 2. The van der Waals surface area contributed by atoms with E-state index < -0.39 is 12.1 Å². The number of aromatic amines is 1. The molecular formula is C41H45N4O4+. The Morgan fingerprint density at radius 1 is 0.898 bits per heavy atom. The highest BCUT2D eigenvalue weighted by Crippen LogP contribution is 2.31. The van der Waals surface area contributed by atoms with E-state index >= 15 is 0 Å². The largest absolute Gasteiger partial charge is 0.453 e. The maximum Gasteiger partial charge on any atom is 0.407 e. The first-order valence-corrected chi connectivity index (χ1v) is 16.9. The van der Waals surface area contributed by atoms with Crippen LogP contribution in [0.4, 0.5) is 4.79 Å². The molecule has 3 N–H and O–H groups in total. The molecule has 0 spiro atoms. The van der Waals surface area contributed by atoms with Gasteiger partial charge in [0.05, 0.1) is 31.4 Å². The average molecular weight is 658 g/mol. The number of benzene rings is 4. The lowest BCUT2D eigenvalue weighted by Gasteiger charge is -2.30. The number of para-hydroxylation sites is 1. The van der Waals surface area contributed by atoms with Crippen molar-refractivity contribution in [1.82, 2.24) is 15.6 Å². The fourth-order valence-electron chi connectivity index (χ4n) is 6.87. The minimum absolute atomic E-state index is 0.0416. The standard InChI is InChI=1S/C41H44N4O4/c1-45(2)26-34-33-20-12-13-21-35(33)43-39(34)36-27-49-32(25-42-36)23-22-28-14-10-11-19-31(28)24-37(46)40(44-41(47)48-3)38(29-15-6-4-7-16-29)30-17-8-5-9-18-30/h4-21,26,32,36,38,40,42H,22-25,27H2,1-3H3,(H,44,47)/p+1/t32-,36+,40-/m1/s1. The summed E-state index contributed by atoms with van der Waals surface area (Å²) in [6, 6.07) is 35.3. The van der Waals surface area contributed by atoms with Gasteiger partial charge in [0.1, 0.15) is 20.1 Å². The van der Waals surface area contributed by atoms with Crippen molar-refractivity contribution in [2.75, 3.05) is 34.4 Å². The Hall–Kier alpha value is -5.05. The second-order valence-electron chi connectivity index (χ2n) is 12.9. The fraction of sp³-hybridized carbons (Fsp3) is 0.293. The second kappa shape index (κ2) is 15.9. The number of fused-ring (bicyclic) bond motifs is 1. The molecule has 0 bridgehead atoms. The van der Waals surface area contributed by atoms with Gasteiger partial charge in [0.25, 0.3) is 0 Å². The van der Waals surface area contributed by atoms with Crippen molar-refractivity contribution in [3.63, 3.8) is 0 Å². The third-order valence-corrected chi connectivity index (χ3v) is 9.28. The summed E-state index contributed by atoms with van der Waals surface area (Å²) in [6.07, 6.45) is 3.32. The van der Waals surface area contributed by atoms with Gasteiger partial charge in [-0.25, -0.2) is 9.37 Å². The van der Waals surface area contributed by atoms with E-state index in [1.54, 1.807) is 0 Å². The maximum atomic E-state index is 14.2. The van der Waals surface area contributed by atoms with Crippen LogP contribution in [0.1, 0.15) is 51.9 Å². The number of H-pyrrole nitrogens is 1. The molecule has 1 aliphatic rings. The highest BCUT2D eigenvalue weighted by Gasteiger charge is 2.33. The number of morpholine rings is 1. The molecule has 0 saturated carbocycles. The number of methoxy groups -OCH3 is 1. The minimum Gasteiger partial charge on any atom is -0.453 e. The summed E-state index contributed by atoms with van der Waals surface area (Å²) in [5, 5.41) is 7.80. The highest BCUT2D eigenvalue weighted by molar-refractivity contribution is 5.99. The number of hydrogen-bond donors (Lipinski definition) is 3. The lowest BCUT2D eigenvalue weighted by molar-refractivity contribution is -0.458. The number of rotatable bonds is 12. The van der Waals surface area contributed by atoms with Crippen molar-refractivity contribution in [1.29, 1.82) is 0 Å². The zero-order valence-corrected chi connectivity index (χ0v) is 28.4. The number of hydrogen-bond acceptors (Lipinski definition) is 5. The number of nitrogens with zero attached hydrogens (tertiary/aromatic N) is 1. The van der Waals surface area contributed by atoms with E-state index in [2.05, 4.69) is 56.7 Å². The van der Waals surface area contributed by atoms with Gasteiger partial charge in [-0.2, -0.15) is 0 Å². The third-order valence-electron chi connectivity index (χ3n) is 9.28. The zero-order chi connectivity index (χ0) is 34.2. The minimum atomic E-state index is -0.826. The first-order valence-electron chi connectivity index (χ1n) is 16.9. The number of amides is 1. The molecule has 2 heterocycles. The van der Waals surface area contributed by atoms with Gasteiger partial charge in [-0.15, -0.1) is 0 Å². The summed E-state index contributed by atoms with van der Waals surface area (Å²) in [5.74, 6) is -0.471. The van der Waals surface area contributed by atoms with E-state index in [4.69, 9.17) is 9.47 Å². The van der Waals surface area contributed by atoms with Gasteiger partial charge in [-0.1, -0.05) is 103 Å². The SMILES string of the molecule is COC(=O)N[C@H](C(=O)Cc1ccccc1CC[C@@H]1CN[C@H](c2[nH]c3ccccc3c2C=[N+](C)C)CO1)C(c1ccccc1)c1ccccc1. The molecule has 1 saturated heterocycles. The van der Waals surface area contributed by atoms with Crippen molar-refractivity contribution in [3.05, 3.63) is 143 Å². The van der Waals surface area contributed by atoms with Gasteiger partial charge >= 0.3 is 6.09 Å². The number of nitrogens with one attached hydrogen (secondary N) is 3. The van der Waals surface area contributed by atoms with E-state index in [1.807, 2.05) is 93.0 Å². The number of ketones is 1. The summed E-state index contributed by atoms with van der Waals surface area (Å²) in [6.45, 7) is 1.29. The lowest BCUT2D eigenvalue weighted by Crippen LogP contribution is -2.46. The number of Topliss-reactive ketones (excluding diaryl/α,β-unsaturated/α-hetero) is 1. The number of alkyl carbamates (subject to hydrolysis) is 1. The number of carbonyl (C=O) groups excluding carboxylic acids is 2. The Labute approximate surface area is 288 Å². The Morgan fingerprint density at radius 2 is 1.53 bits per heavy atom. The van der Waals surface area contributed by atoms with Crippen molar-refractivity contribution in [2.24, 2.45) is 0 Å². The number of aromatic nitrogens is 1. The predicted octanol–water partition coefficient (Wildman–Crippen LogP) is 6.19. The van der Waals surface area contributed by atoms with Crippen LogP contribution < -0.4 is 10.6 Å². The van der Waals surface area contributed by atoms with Crippen LogP contribution in [0.25, 0.3) is 10.9 Å². The molecule has 0 unspecified atom stereocenters. The Bertz CT molecular complexity index is 1850. The van der Waals surface area contributed by atoms with E-state index in [1.165, 1.54) is 18.1 Å². The smallest absolute Gasteiger partial charge is 0.407 e. The number of ether oxygens (including phenoxy) is 2. The lowest BCUT2D eigenvalue weighted by atomic mass is 9.81. The van der Waals surface area contributed by atoms with Crippen molar-refractivity contribution >= 4 is 29.0 Å². The Morgan fingerprint density at radius 3 is 2.16 bits per heavy atom. The summed E-state index contributed by atoms with van der Waals surface area (Å²) < 4.78 is 13.5. The van der Waals surface area contributed by atoms with Gasteiger partial charge in [-0.05, 0) is 41.2 Å². The molecule has 49 heavy (non-hydrogen) atoms. The molecule has 0 aliphatic carbocycles. The van der Waals surface area contributed by atoms with E-state index in [0.29, 0.717) is 6.61 Å². The average Bonchev–Trinajstić information content (AvgIpc) is 3.49. The van der Waals surface area contributed by atoms with Crippen LogP contribution in [0.2, 0.25) is 0 Å². The van der Waals surface area contributed by atoms with Crippen LogP contribution in [-0.2, 0) is 27.1 Å². The third kappa shape index (κ3) is 8.16. The molecule has 3 atom stereocenters. The van der Waals surface area contributed by atoms with Crippen molar-refractivity contribution < 1.29 is 23.6 Å². The molecule has 1 fully saturated rings. The topological polar surface area (TPSA) is 95.5 Å². The zero-order valence-electron chi connectivity index (χ0n) is 28.4. The van der Waals surface area contributed by atoms with Crippen molar-refractivity contribution in [2.45, 2.75) is 43.4 Å². The molecule has 4 aromatic carbocycles. The normalized spacial score (nSPS) is 16.7. The predicted molar refractivity (Wildman–Crippen MR) is 194 cm³/mol. The second-order valence-corrected chi connectivity index (χ2v) is 12.9. The molecule has 6 rings (SSSR count). The summed E-state index contributed by atoms with van der Waals surface area (Å²) in [7, 11) is 5.40. The van der Waals surface area contributed by atoms with Gasteiger partial charge in [0, 0.05) is 35.5 Å². The van der Waals surface area contributed by atoms with E-state index in [-0.39, 0.29) is 30.3 Å². The molecule has 1 aliphatic heterocycles. The summed E-state index contributed by atoms with van der Waals surface area (Å²) in [5.41, 5.74) is 7.37. The molecular weight excluding hydrogens is 612 g/mol. The van der Waals surface area contributed by atoms with Gasteiger partial charge in [0.15, 0.2) is 12.0 Å². The quantitative estimate of drug-likeness (QED) is 0.110. The van der Waals surface area contributed by atoms with Crippen LogP contribution in [0.3, 0.4) is 0 Å². The van der Waals surface area contributed by atoms with Crippen LogP contribution in [0.15, 0.2) is 109 Å². The molecule has 1 amide bonds. The Balaban J connectivity index is 1.15. The molecule has 252 valence electrons. The molecule has 1 aromatic heterocycles. The van der Waals surface area contributed by atoms with Crippen molar-refractivity contribution in [3.8, 4) is 0 Å². The van der Waals surface area contributed by atoms with Gasteiger partial charge < -0.3 is 25.1 Å². The molecule has 8 heteroatoms. The van der Waals surface area contributed by atoms with E-state index in [9.17, 15) is 9.59 Å².